The SMILES string of the molecule is CCCC(=O)C(Cc1ccc(-c2sccc2C#N)cc1)C(=O)OCC. The number of ketones is 1. The van der Waals surface area contributed by atoms with Gasteiger partial charge in [0.05, 0.1) is 17.0 Å². The fourth-order valence-electron chi connectivity index (χ4n) is 2.64. The number of hydrogen-bond donors (Lipinski definition) is 0. The van der Waals surface area contributed by atoms with Gasteiger partial charge in [-0.3, -0.25) is 9.59 Å². The van der Waals surface area contributed by atoms with E-state index in [4.69, 9.17) is 10.00 Å². The Morgan fingerprint density at radius 1 is 1.20 bits per heavy atom. The van der Waals surface area contributed by atoms with Gasteiger partial charge in [-0.15, -0.1) is 11.3 Å². The van der Waals surface area contributed by atoms with E-state index in [1.807, 2.05) is 36.6 Å². The van der Waals surface area contributed by atoms with E-state index >= 15 is 0 Å². The van der Waals surface area contributed by atoms with Gasteiger partial charge in [-0.2, -0.15) is 5.26 Å². The van der Waals surface area contributed by atoms with Crippen molar-refractivity contribution in [3.63, 3.8) is 0 Å². The lowest BCUT2D eigenvalue weighted by atomic mass is 9.92. The summed E-state index contributed by atoms with van der Waals surface area (Å²) in [6.07, 6.45) is 1.43. The van der Waals surface area contributed by atoms with Crippen LogP contribution in [0.2, 0.25) is 0 Å². The third-order valence-electron chi connectivity index (χ3n) is 3.90. The first-order valence-electron chi connectivity index (χ1n) is 8.36. The van der Waals surface area contributed by atoms with Crippen molar-refractivity contribution in [1.82, 2.24) is 0 Å². The Morgan fingerprint density at radius 3 is 2.52 bits per heavy atom. The molecule has 0 saturated carbocycles. The summed E-state index contributed by atoms with van der Waals surface area (Å²) in [6.45, 7) is 3.92. The average molecular weight is 355 g/mol. The van der Waals surface area contributed by atoms with Crippen molar-refractivity contribution in [2.75, 3.05) is 6.61 Å². The van der Waals surface area contributed by atoms with Gasteiger partial charge in [0.2, 0.25) is 0 Å². The van der Waals surface area contributed by atoms with Crippen molar-refractivity contribution in [2.24, 2.45) is 5.92 Å². The number of nitriles is 1. The van der Waals surface area contributed by atoms with Gasteiger partial charge in [0, 0.05) is 6.42 Å². The minimum absolute atomic E-state index is 0.0740. The Balaban J connectivity index is 2.18. The van der Waals surface area contributed by atoms with E-state index in [2.05, 4.69) is 6.07 Å². The molecule has 0 spiro atoms. The number of benzene rings is 1. The molecule has 5 heteroatoms. The molecule has 1 heterocycles. The van der Waals surface area contributed by atoms with Gasteiger partial charge in [-0.25, -0.2) is 0 Å². The smallest absolute Gasteiger partial charge is 0.316 e. The molecule has 0 aliphatic carbocycles. The molecular formula is C20H21NO3S. The number of Topliss-reactive ketones (excluding diaryl/α,β-unsaturated/α-hetero) is 1. The maximum absolute atomic E-state index is 12.3. The number of thiophene rings is 1. The first-order chi connectivity index (χ1) is 12.1. The van der Waals surface area contributed by atoms with E-state index in [1.165, 1.54) is 11.3 Å². The molecule has 130 valence electrons. The minimum atomic E-state index is -0.748. The van der Waals surface area contributed by atoms with Gasteiger partial charge in [0.1, 0.15) is 17.8 Å². The van der Waals surface area contributed by atoms with E-state index in [0.717, 1.165) is 16.0 Å². The monoisotopic (exact) mass is 355 g/mol. The number of hydrogen-bond acceptors (Lipinski definition) is 5. The van der Waals surface area contributed by atoms with Gasteiger partial charge in [0.15, 0.2) is 0 Å². The quantitative estimate of drug-likeness (QED) is 0.521. The molecule has 1 aromatic carbocycles. The third-order valence-corrected chi connectivity index (χ3v) is 4.86. The van der Waals surface area contributed by atoms with Crippen molar-refractivity contribution in [3.8, 4) is 16.5 Å². The van der Waals surface area contributed by atoms with Crippen LogP contribution in [-0.4, -0.2) is 18.4 Å². The zero-order valence-electron chi connectivity index (χ0n) is 14.5. The number of carbonyl (C=O) groups is 2. The molecule has 0 aliphatic heterocycles. The molecule has 0 saturated heterocycles. The maximum atomic E-state index is 12.3. The van der Waals surface area contributed by atoms with Crippen LogP contribution in [0.15, 0.2) is 35.7 Å². The van der Waals surface area contributed by atoms with Gasteiger partial charge in [0.25, 0.3) is 0 Å². The van der Waals surface area contributed by atoms with Crippen LogP contribution in [-0.2, 0) is 20.7 Å². The fraction of sp³-hybridized carbons (Fsp3) is 0.350. The number of esters is 1. The van der Waals surface area contributed by atoms with Crippen molar-refractivity contribution < 1.29 is 14.3 Å². The van der Waals surface area contributed by atoms with E-state index in [-0.39, 0.29) is 12.4 Å². The first kappa shape index (κ1) is 18.9. The molecule has 1 unspecified atom stereocenters. The second-order valence-electron chi connectivity index (χ2n) is 5.70. The third kappa shape index (κ3) is 4.77. The van der Waals surface area contributed by atoms with Crippen LogP contribution in [0.1, 0.15) is 37.8 Å². The second-order valence-corrected chi connectivity index (χ2v) is 6.61. The summed E-state index contributed by atoms with van der Waals surface area (Å²) < 4.78 is 5.06. The Bertz CT molecular complexity index is 753. The average Bonchev–Trinajstić information content (AvgIpc) is 3.09. The molecule has 2 rings (SSSR count). The summed E-state index contributed by atoms with van der Waals surface area (Å²) in [6, 6.07) is 11.6. The summed E-state index contributed by atoms with van der Waals surface area (Å²) in [4.78, 5) is 25.3. The Morgan fingerprint density at radius 2 is 1.92 bits per heavy atom. The van der Waals surface area contributed by atoms with Gasteiger partial charge >= 0.3 is 5.97 Å². The normalized spacial score (nSPS) is 11.6. The van der Waals surface area contributed by atoms with Gasteiger partial charge < -0.3 is 4.74 Å². The predicted molar refractivity (Wildman–Crippen MR) is 98.2 cm³/mol. The van der Waals surface area contributed by atoms with E-state index in [9.17, 15) is 9.59 Å². The van der Waals surface area contributed by atoms with Crippen molar-refractivity contribution in [2.45, 2.75) is 33.1 Å². The first-order valence-corrected chi connectivity index (χ1v) is 9.24. The Kier molecular flexibility index (Phi) is 6.91. The Labute approximate surface area is 152 Å². The van der Waals surface area contributed by atoms with Crippen LogP contribution >= 0.6 is 11.3 Å². The number of ether oxygens (including phenoxy) is 1. The van der Waals surface area contributed by atoms with Crippen LogP contribution in [0, 0.1) is 17.2 Å². The largest absolute Gasteiger partial charge is 0.465 e. The lowest BCUT2D eigenvalue weighted by molar-refractivity contribution is -0.151. The van der Waals surface area contributed by atoms with Gasteiger partial charge in [-0.1, -0.05) is 31.2 Å². The molecule has 1 aromatic heterocycles. The highest BCUT2D eigenvalue weighted by atomic mass is 32.1. The summed E-state index contributed by atoms with van der Waals surface area (Å²) in [7, 11) is 0. The maximum Gasteiger partial charge on any atom is 0.316 e. The zero-order valence-corrected chi connectivity index (χ0v) is 15.3. The molecule has 2 aromatic rings. The molecule has 0 fully saturated rings. The van der Waals surface area contributed by atoms with E-state index < -0.39 is 11.9 Å². The van der Waals surface area contributed by atoms with Crippen LogP contribution in [0.3, 0.4) is 0 Å². The van der Waals surface area contributed by atoms with Crippen LogP contribution in [0.5, 0.6) is 0 Å². The van der Waals surface area contributed by atoms with E-state index in [0.29, 0.717) is 24.8 Å². The zero-order chi connectivity index (χ0) is 18.2. The van der Waals surface area contributed by atoms with Crippen molar-refractivity contribution >= 4 is 23.1 Å². The Hall–Kier alpha value is -2.45. The molecule has 0 amide bonds. The second kappa shape index (κ2) is 9.14. The molecule has 1 atom stereocenters. The van der Waals surface area contributed by atoms with Crippen molar-refractivity contribution in [3.05, 3.63) is 46.8 Å². The van der Waals surface area contributed by atoms with E-state index in [1.54, 1.807) is 13.0 Å². The number of carbonyl (C=O) groups excluding carboxylic acids is 2. The lowest BCUT2D eigenvalue weighted by Gasteiger charge is -2.14. The molecule has 0 bridgehead atoms. The predicted octanol–water partition coefficient (Wildman–Crippen LogP) is 4.38. The van der Waals surface area contributed by atoms with Crippen LogP contribution in [0.4, 0.5) is 0 Å². The number of nitrogens with zero attached hydrogens (tertiary/aromatic N) is 1. The highest BCUT2D eigenvalue weighted by molar-refractivity contribution is 7.13. The van der Waals surface area contributed by atoms with Crippen LogP contribution in [0.25, 0.3) is 10.4 Å². The molecular weight excluding hydrogens is 334 g/mol. The molecule has 0 radical (unpaired) electrons. The summed E-state index contributed by atoms with van der Waals surface area (Å²) in [5, 5.41) is 11.0. The molecule has 0 aliphatic rings. The topological polar surface area (TPSA) is 67.2 Å². The number of rotatable bonds is 8. The summed E-state index contributed by atoms with van der Waals surface area (Å²) >= 11 is 1.52. The van der Waals surface area contributed by atoms with Crippen molar-refractivity contribution in [1.29, 1.82) is 5.26 Å². The van der Waals surface area contributed by atoms with Gasteiger partial charge in [-0.05, 0) is 42.3 Å². The lowest BCUT2D eigenvalue weighted by Crippen LogP contribution is -2.28. The fourth-order valence-corrected chi connectivity index (χ4v) is 3.49. The summed E-state index contributed by atoms with van der Waals surface area (Å²) in [5.41, 5.74) is 2.52. The standard InChI is InChI=1S/C20H21NO3S/c1-3-5-18(22)17(20(23)24-4-2)12-14-6-8-15(9-7-14)19-16(13-21)10-11-25-19/h6-11,17H,3-5,12H2,1-2H3. The molecule has 0 N–H and O–H groups in total. The van der Waals surface area contributed by atoms with Crippen LogP contribution < -0.4 is 0 Å². The molecule has 25 heavy (non-hydrogen) atoms. The highest BCUT2D eigenvalue weighted by Gasteiger charge is 2.27. The summed E-state index contributed by atoms with van der Waals surface area (Å²) in [5.74, 6) is -1.27. The minimum Gasteiger partial charge on any atom is -0.465 e. The highest BCUT2D eigenvalue weighted by Crippen LogP contribution is 2.29. The molecule has 4 nitrogen and oxygen atoms in total.